The van der Waals surface area contributed by atoms with Gasteiger partial charge in [-0.15, -0.1) is 0 Å². The van der Waals surface area contributed by atoms with Crippen LogP contribution in [0.5, 0.6) is 0 Å². The minimum atomic E-state index is -1.19. The summed E-state index contributed by atoms with van der Waals surface area (Å²) in [6.45, 7) is 15.3. The Morgan fingerprint density at radius 1 is 0.415 bits per heavy atom. The van der Waals surface area contributed by atoms with E-state index in [1.54, 1.807) is 13.8 Å². The van der Waals surface area contributed by atoms with E-state index >= 15 is 0 Å². The summed E-state index contributed by atoms with van der Waals surface area (Å²) in [5, 5.41) is 51.4. The quantitative estimate of drug-likeness (QED) is 0.101. The zero-order valence-electron chi connectivity index (χ0n) is 31.0. The van der Waals surface area contributed by atoms with E-state index < -0.39 is 53.7 Å². The predicted molar refractivity (Wildman–Crippen MR) is 199 cm³/mol. The topological polar surface area (TPSA) is 230 Å². The molecule has 0 unspecified atom stereocenters. The van der Waals surface area contributed by atoms with Crippen LogP contribution in [-0.4, -0.2) is 39.6 Å². The van der Waals surface area contributed by atoms with Gasteiger partial charge >= 0.3 is 39.8 Å². The van der Waals surface area contributed by atoms with E-state index in [4.69, 9.17) is 4.98 Å². The van der Waals surface area contributed by atoms with Gasteiger partial charge in [-0.1, -0.05) is 55.4 Å². The van der Waals surface area contributed by atoms with E-state index in [9.17, 15) is 40.5 Å². The summed E-state index contributed by atoms with van der Waals surface area (Å²) in [4.78, 5) is 63.7. The Bertz CT molecular complexity index is 2320. The number of aromatic amines is 2. The molecular weight excluding hydrogens is 728 g/mol. The van der Waals surface area contributed by atoms with Gasteiger partial charge in [0.05, 0.1) is 42.3 Å². The first kappa shape index (κ1) is 40.5. The number of fused-ring (bicyclic) bond motifs is 8. The molecule has 3 aromatic rings. The average molecular weight is 771 g/mol. The van der Waals surface area contributed by atoms with E-state index in [0.717, 1.165) is 33.4 Å². The fourth-order valence-electron chi connectivity index (χ4n) is 8.01. The summed E-state index contributed by atoms with van der Waals surface area (Å²) in [6.07, 6.45) is 3.38. The number of nitro groups is 4. The third-order valence-electron chi connectivity index (χ3n) is 10.1. The van der Waals surface area contributed by atoms with Gasteiger partial charge in [0.25, 0.3) is 0 Å². The molecule has 5 heterocycles. The van der Waals surface area contributed by atoms with Crippen LogP contribution in [0.1, 0.15) is 125 Å². The molecule has 8 bridgehead atoms. The first-order valence-electron chi connectivity index (χ1n) is 17.7. The smallest absolute Gasteiger partial charge is 0.354 e. The third kappa shape index (κ3) is 6.20. The van der Waals surface area contributed by atoms with Crippen LogP contribution < -0.4 is 0 Å². The number of rotatable bonds is 12. The normalized spacial score (nSPS) is 12.7. The second-order valence-corrected chi connectivity index (χ2v) is 12.4. The van der Waals surface area contributed by atoms with Gasteiger partial charge in [0, 0.05) is 27.7 Å². The van der Waals surface area contributed by atoms with Crippen molar-refractivity contribution < 1.29 is 36.8 Å². The average Bonchev–Trinajstić information content (AvgIpc) is 3.86. The van der Waals surface area contributed by atoms with Crippen LogP contribution in [-0.2, 0) is 49.2 Å². The van der Waals surface area contributed by atoms with Gasteiger partial charge in [0.2, 0.25) is 11.2 Å². The number of aromatic nitrogens is 4. The molecule has 0 aliphatic carbocycles. The zero-order valence-corrected chi connectivity index (χ0v) is 32.1. The summed E-state index contributed by atoms with van der Waals surface area (Å²) < 4.78 is 0. The number of nitrogens with zero attached hydrogens (tertiary/aromatic N) is 6. The summed E-state index contributed by atoms with van der Waals surface area (Å²) in [5.74, 6) is 0. The summed E-state index contributed by atoms with van der Waals surface area (Å²) in [5.41, 5.74) is 2.61. The summed E-state index contributed by atoms with van der Waals surface area (Å²) in [7, 11) is 0. The molecule has 5 rings (SSSR count). The molecule has 17 heteroatoms. The van der Waals surface area contributed by atoms with Crippen LogP contribution in [0.4, 0.5) is 17.1 Å². The maximum absolute atomic E-state index is 13.0. The van der Waals surface area contributed by atoms with E-state index in [0.29, 0.717) is 61.0 Å². The number of nitrogens with one attached hydrogen (secondary N) is 2. The number of hydrogen-bond donors (Lipinski definition) is 2. The van der Waals surface area contributed by atoms with Gasteiger partial charge in [0.15, 0.2) is 0 Å². The molecular formula is C36H42FeN8O8+2. The summed E-state index contributed by atoms with van der Waals surface area (Å²) in [6, 6.07) is 0. The maximum Gasteiger partial charge on any atom is 2.00 e. The van der Waals surface area contributed by atoms with Crippen molar-refractivity contribution >= 4 is 61.5 Å². The second-order valence-electron chi connectivity index (χ2n) is 12.4. The molecule has 0 saturated heterocycles. The van der Waals surface area contributed by atoms with Crippen molar-refractivity contribution in [3.63, 3.8) is 0 Å². The van der Waals surface area contributed by atoms with Crippen molar-refractivity contribution in [2.24, 2.45) is 0 Å². The molecule has 0 atom stereocenters. The first-order valence-corrected chi connectivity index (χ1v) is 17.7. The predicted octanol–water partition coefficient (Wildman–Crippen LogP) is 9.13. The molecule has 280 valence electrons. The van der Waals surface area contributed by atoms with Crippen LogP contribution >= 0.6 is 0 Å². The SMILES string of the molecule is CCC1=C(CC)c2nc1c(CC)c1[nH]c(c(CC)c3nc(c([N+](=O)[O-])c4[nH]c(c2CC)c([N+](=O)[O-])c4[N+](=O)[O-])C([N+](=O)[O-])=C3CC)c(CC)c1CC.[Fe+2]. The van der Waals surface area contributed by atoms with Crippen molar-refractivity contribution in [3.05, 3.63) is 91.1 Å². The van der Waals surface area contributed by atoms with Crippen molar-refractivity contribution in [1.82, 2.24) is 19.9 Å². The zero-order chi connectivity index (χ0) is 38.3. The van der Waals surface area contributed by atoms with Crippen LogP contribution in [0, 0.1) is 40.5 Å². The fourth-order valence-corrected chi connectivity index (χ4v) is 8.01. The molecule has 0 saturated carbocycles. The van der Waals surface area contributed by atoms with E-state index in [-0.39, 0.29) is 52.3 Å². The van der Waals surface area contributed by atoms with Crippen molar-refractivity contribution in [2.45, 2.75) is 107 Å². The molecule has 0 fully saturated rings. The third-order valence-corrected chi connectivity index (χ3v) is 10.1. The van der Waals surface area contributed by atoms with Crippen molar-refractivity contribution in [1.29, 1.82) is 0 Å². The largest absolute Gasteiger partial charge is 2.00 e. The summed E-state index contributed by atoms with van der Waals surface area (Å²) >= 11 is 0. The van der Waals surface area contributed by atoms with Gasteiger partial charge in [0.1, 0.15) is 5.52 Å². The van der Waals surface area contributed by atoms with E-state index in [2.05, 4.69) is 21.9 Å². The van der Waals surface area contributed by atoms with Crippen LogP contribution in [0.2, 0.25) is 0 Å². The molecule has 0 amide bonds. The number of hydrogen-bond acceptors (Lipinski definition) is 10. The Morgan fingerprint density at radius 2 is 0.755 bits per heavy atom. The van der Waals surface area contributed by atoms with E-state index in [1.165, 1.54) is 0 Å². The molecule has 16 nitrogen and oxygen atoms in total. The number of aryl methyl sites for hydroxylation is 5. The minimum absolute atomic E-state index is 0. The maximum atomic E-state index is 13.0. The molecule has 0 aromatic carbocycles. The van der Waals surface area contributed by atoms with E-state index in [1.807, 2.05) is 34.6 Å². The second kappa shape index (κ2) is 15.8. The Hall–Kier alpha value is -5.28. The Kier molecular flexibility index (Phi) is 12.0. The van der Waals surface area contributed by atoms with Crippen LogP contribution in [0.3, 0.4) is 0 Å². The molecule has 0 radical (unpaired) electrons. The van der Waals surface area contributed by atoms with Crippen molar-refractivity contribution in [2.75, 3.05) is 0 Å². The monoisotopic (exact) mass is 770 g/mol. The Balaban J connectivity index is 0.00000627. The van der Waals surface area contributed by atoms with Gasteiger partial charge < -0.3 is 9.97 Å². The molecule has 53 heavy (non-hydrogen) atoms. The minimum Gasteiger partial charge on any atom is -0.354 e. The molecule has 2 N–H and O–H groups in total. The molecule has 3 aromatic heterocycles. The molecule has 2 aliphatic rings. The van der Waals surface area contributed by atoms with Crippen molar-refractivity contribution in [3.8, 4) is 0 Å². The Morgan fingerprint density at radius 3 is 1.11 bits per heavy atom. The first-order chi connectivity index (χ1) is 24.8. The number of allylic oxidation sites excluding steroid dienone is 3. The molecule has 0 spiro atoms. The number of H-pyrrole nitrogens is 2. The van der Waals surface area contributed by atoms with Gasteiger partial charge in [-0.3, -0.25) is 40.5 Å². The van der Waals surface area contributed by atoms with Crippen LogP contribution in [0.25, 0.3) is 44.5 Å². The Labute approximate surface area is 315 Å². The fraction of sp³-hybridized carbons (Fsp3) is 0.444. The van der Waals surface area contributed by atoms with Gasteiger partial charge in [-0.2, -0.15) is 0 Å². The van der Waals surface area contributed by atoms with Gasteiger partial charge in [-0.25, -0.2) is 9.97 Å². The molecule has 2 aliphatic heterocycles. The standard InChI is InChI=1S/C36H42N8O8.Fe/c1-9-17-18(10-2)27-22(14-6)29-24(16-8)33(41(45)46)31(39-29)34(42(47)48)32-36(44(51)52)35(43(49)50)30(40-32)23(15-7)28-20(12-4)19(11-3)26(38-28)21(13-5)25(17)37-27;/h37,40H,9-16H2,1-8H3;/q;+2. The van der Waals surface area contributed by atoms with Crippen LogP contribution in [0.15, 0.2) is 0 Å². The van der Waals surface area contributed by atoms with Gasteiger partial charge in [-0.05, 0) is 73.6 Å².